The first-order chi connectivity index (χ1) is 6.10. The zero-order valence-corrected chi connectivity index (χ0v) is 8.41. The molecule has 0 aliphatic heterocycles. The number of hydrogen-bond donors (Lipinski definition) is 1. The van der Waals surface area contributed by atoms with E-state index in [1.807, 2.05) is 40.1 Å². The van der Waals surface area contributed by atoms with Gasteiger partial charge in [-0.25, -0.2) is 0 Å². The first-order valence-corrected chi connectivity index (χ1v) is 4.47. The highest BCUT2D eigenvalue weighted by atomic mass is 16.3. The summed E-state index contributed by atoms with van der Waals surface area (Å²) in [5, 5.41) is 9.16. The van der Waals surface area contributed by atoms with Crippen LogP contribution in [0.5, 0.6) is 0 Å². The summed E-state index contributed by atoms with van der Waals surface area (Å²) < 4.78 is 0. The predicted molar refractivity (Wildman–Crippen MR) is 55.6 cm³/mol. The number of aliphatic hydroxyl groups excluding tert-OH is 1. The molecule has 3 heteroatoms. The van der Waals surface area contributed by atoms with Crippen molar-refractivity contribution in [1.82, 2.24) is 4.98 Å². The van der Waals surface area contributed by atoms with Gasteiger partial charge in [-0.1, -0.05) is 32.2 Å². The maximum atomic E-state index is 9.16. The Morgan fingerprint density at radius 3 is 2.77 bits per heavy atom. The molecule has 0 fully saturated rings. The molecule has 0 aliphatic carbocycles. The quantitative estimate of drug-likeness (QED) is 0.688. The van der Waals surface area contributed by atoms with Crippen molar-refractivity contribution in [2.75, 3.05) is 6.61 Å². The Morgan fingerprint density at radius 1 is 1.54 bits per heavy atom. The molecule has 1 heterocycles. The Kier molecular flexibility index (Phi) is 3.09. The molecular formula is C10H15BNO. The van der Waals surface area contributed by atoms with E-state index >= 15 is 0 Å². The highest BCUT2D eigenvalue weighted by Crippen LogP contribution is 2.18. The topological polar surface area (TPSA) is 33.1 Å². The summed E-state index contributed by atoms with van der Waals surface area (Å²) in [6, 6.07) is 3.97. The Morgan fingerprint density at radius 2 is 2.23 bits per heavy atom. The maximum absolute atomic E-state index is 9.16. The van der Waals surface area contributed by atoms with E-state index < -0.39 is 0 Å². The minimum atomic E-state index is -0.251. The van der Waals surface area contributed by atoms with Crippen molar-refractivity contribution in [1.29, 1.82) is 0 Å². The van der Waals surface area contributed by atoms with Crippen LogP contribution >= 0.6 is 0 Å². The van der Waals surface area contributed by atoms with Crippen LogP contribution in [0.1, 0.15) is 19.5 Å². The number of rotatable bonds is 3. The second-order valence-electron chi connectivity index (χ2n) is 3.81. The first kappa shape index (κ1) is 10.3. The van der Waals surface area contributed by atoms with Crippen molar-refractivity contribution in [2.45, 2.75) is 26.1 Å². The van der Waals surface area contributed by atoms with E-state index in [4.69, 9.17) is 5.11 Å². The monoisotopic (exact) mass is 176 g/mol. The van der Waals surface area contributed by atoms with E-state index in [-0.39, 0.29) is 12.0 Å². The third-order valence-electron chi connectivity index (χ3n) is 2.21. The van der Waals surface area contributed by atoms with Gasteiger partial charge in [0.15, 0.2) is 0 Å². The second kappa shape index (κ2) is 3.92. The van der Waals surface area contributed by atoms with Crippen molar-refractivity contribution in [3.63, 3.8) is 0 Å². The Labute approximate surface area is 80.3 Å². The molecule has 1 N–H and O–H groups in total. The van der Waals surface area contributed by atoms with Crippen LogP contribution in [0.2, 0.25) is 6.82 Å². The molecule has 13 heavy (non-hydrogen) atoms. The summed E-state index contributed by atoms with van der Waals surface area (Å²) >= 11 is 0. The lowest BCUT2D eigenvalue weighted by Gasteiger charge is -2.21. The summed E-state index contributed by atoms with van der Waals surface area (Å²) in [7, 11) is 2.03. The van der Waals surface area contributed by atoms with E-state index in [2.05, 4.69) is 4.98 Å². The van der Waals surface area contributed by atoms with Gasteiger partial charge in [0, 0.05) is 17.3 Å². The molecule has 0 aromatic carbocycles. The fourth-order valence-electron chi connectivity index (χ4n) is 1.08. The molecule has 0 spiro atoms. The van der Waals surface area contributed by atoms with Gasteiger partial charge in [0.05, 0.1) is 6.61 Å². The highest BCUT2D eigenvalue weighted by Gasteiger charge is 2.20. The van der Waals surface area contributed by atoms with E-state index in [9.17, 15) is 0 Å². The van der Waals surface area contributed by atoms with E-state index in [1.54, 1.807) is 6.20 Å². The number of nitrogens with zero attached hydrogens (tertiary/aromatic N) is 1. The lowest BCUT2D eigenvalue weighted by molar-refractivity contribution is 0.215. The summed E-state index contributed by atoms with van der Waals surface area (Å²) in [5.41, 5.74) is 1.83. The number of hydrogen-bond acceptors (Lipinski definition) is 2. The zero-order valence-electron chi connectivity index (χ0n) is 8.41. The van der Waals surface area contributed by atoms with E-state index in [0.29, 0.717) is 0 Å². The van der Waals surface area contributed by atoms with Crippen LogP contribution in [0.15, 0.2) is 18.3 Å². The molecule has 0 atom stereocenters. The standard InChI is InChI=1S/C10H15BNO/c1-10(2,7-13)9-6-8(11-3)4-5-12-9/h4-6,13H,7H2,1-3H3. The molecule has 1 aromatic rings. The van der Waals surface area contributed by atoms with Crippen LogP contribution in [-0.4, -0.2) is 24.0 Å². The molecule has 1 rings (SSSR count). The molecular weight excluding hydrogens is 161 g/mol. The molecule has 0 saturated heterocycles. The Hall–Kier alpha value is -0.825. The second-order valence-corrected chi connectivity index (χ2v) is 3.81. The van der Waals surface area contributed by atoms with Crippen LogP contribution in [-0.2, 0) is 5.41 Å². The lowest BCUT2D eigenvalue weighted by atomic mass is 9.72. The normalized spacial score (nSPS) is 11.4. The Bertz CT molecular complexity index is 286. The smallest absolute Gasteiger partial charge is 0.148 e. The average molecular weight is 176 g/mol. The molecule has 1 radical (unpaired) electrons. The van der Waals surface area contributed by atoms with Crippen LogP contribution in [0.4, 0.5) is 0 Å². The molecule has 1 aromatic heterocycles. The van der Waals surface area contributed by atoms with Gasteiger partial charge in [0.1, 0.15) is 7.28 Å². The first-order valence-electron chi connectivity index (χ1n) is 4.47. The largest absolute Gasteiger partial charge is 0.395 e. The average Bonchev–Trinajstić information content (AvgIpc) is 2.18. The molecule has 0 aliphatic rings. The van der Waals surface area contributed by atoms with Crippen molar-refractivity contribution in [2.24, 2.45) is 0 Å². The SMILES string of the molecule is C[B]c1ccnc(C(C)(C)CO)c1. The number of pyridine rings is 1. The number of aliphatic hydroxyl groups is 1. The zero-order chi connectivity index (χ0) is 9.90. The van der Waals surface area contributed by atoms with E-state index in [1.165, 1.54) is 0 Å². The summed E-state index contributed by atoms with van der Waals surface area (Å²) in [6.45, 7) is 6.07. The summed E-state index contributed by atoms with van der Waals surface area (Å²) in [4.78, 5) is 4.25. The van der Waals surface area contributed by atoms with Crippen molar-refractivity contribution in [3.8, 4) is 0 Å². The fraction of sp³-hybridized carbons (Fsp3) is 0.500. The summed E-state index contributed by atoms with van der Waals surface area (Å²) in [5.74, 6) is 0. The molecule has 69 valence electrons. The summed E-state index contributed by atoms with van der Waals surface area (Å²) in [6.07, 6.45) is 1.78. The van der Waals surface area contributed by atoms with Gasteiger partial charge in [-0.2, -0.15) is 0 Å². The highest BCUT2D eigenvalue weighted by molar-refractivity contribution is 6.51. The number of aromatic nitrogens is 1. The van der Waals surface area contributed by atoms with Gasteiger partial charge < -0.3 is 5.11 Å². The van der Waals surface area contributed by atoms with Gasteiger partial charge in [-0.05, 0) is 6.07 Å². The molecule has 0 bridgehead atoms. The van der Waals surface area contributed by atoms with Crippen molar-refractivity contribution >= 4 is 12.7 Å². The van der Waals surface area contributed by atoms with Gasteiger partial charge in [0.25, 0.3) is 0 Å². The van der Waals surface area contributed by atoms with Crippen molar-refractivity contribution in [3.05, 3.63) is 24.0 Å². The predicted octanol–water partition coefficient (Wildman–Crippen LogP) is 0.729. The third-order valence-corrected chi connectivity index (χ3v) is 2.21. The van der Waals surface area contributed by atoms with Crippen LogP contribution in [0.25, 0.3) is 0 Å². The Balaban J connectivity index is 3.01. The fourth-order valence-corrected chi connectivity index (χ4v) is 1.08. The lowest BCUT2D eigenvalue weighted by Crippen LogP contribution is -2.26. The van der Waals surface area contributed by atoms with Gasteiger partial charge in [-0.15, -0.1) is 0 Å². The molecule has 0 amide bonds. The van der Waals surface area contributed by atoms with Crippen molar-refractivity contribution < 1.29 is 5.11 Å². The van der Waals surface area contributed by atoms with Gasteiger partial charge >= 0.3 is 0 Å². The molecule has 0 unspecified atom stereocenters. The van der Waals surface area contributed by atoms with Crippen LogP contribution in [0, 0.1) is 0 Å². The third kappa shape index (κ3) is 2.31. The van der Waals surface area contributed by atoms with Crippen LogP contribution in [0.3, 0.4) is 0 Å². The minimum absolute atomic E-state index is 0.118. The van der Waals surface area contributed by atoms with E-state index in [0.717, 1.165) is 11.2 Å². The molecule has 2 nitrogen and oxygen atoms in total. The minimum Gasteiger partial charge on any atom is -0.395 e. The van der Waals surface area contributed by atoms with Gasteiger partial charge in [-0.3, -0.25) is 4.98 Å². The maximum Gasteiger partial charge on any atom is 0.148 e. The molecule has 0 saturated carbocycles. The van der Waals surface area contributed by atoms with Crippen LogP contribution < -0.4 is 5.46 Å². The van der Waals surface area contributed by atoms with Gasteiger partial charge in [0.2, 0.25) is 0 Å².